The molecule has 0 aromatic carbocycles. The average Bonchev–Trinajstić information content (AvgIpc) is 2.28. The number of carbonyl (C=O) groups excluding carboxylic acids is 2. The third-order valence-corrected chi connectivity index (χ3v) is 1.16. The Morgan fingerprint density at radius 3 is 1.63 bits per heavy atom. The highest BCUT2D eigenvalue weighted by Gasteiger charge is 2.07. The van der Waals surface area contributed by atoms with E-state index in [2.05, 4.69) is 14.2 Å². The minimum absolute atomic E-state index is 0.0926. The minimum atomic E-state index is -0.991. The van der Waals surface area contributed by atoms with Crippen molar-refractivity contribution >= 4 is 11.9 Å². The molecule has 0 aliphatic carbocycles. The second-order valence-electron chi connectivity index (χ2n) is 3.49. The van der Waals surface area contributed by atoms with Crippen LogP contribution in [0.5, 0.6) is 0 Å². The van der Waals surface area contributed by atoms with Gasteiger partial charge in [-0.05, 0) is 20.8 Å². The molecule has 7 heteroatoms. The molecule has 0 rings (SSSR count). The van der Waals surface area contributed by atoms with Crippen molar-refractivity contribution in [3.8, 4) is 0 Å². The number of methoxy groups -OCH3 is 1. The predicted molar refractivity (Wildman–Crippen MR) is 69.6 cm³/mol. The molecule has 0 spiro atoms. The summed E-state index contributed by atoms with van der Waals surface area (Å²) in [7, 11) is 3.25. The van der Waals surface area contributed by atoms with Crippen LogP contribution in [0.1, 0.15) is 27.7 Å². The highest BCUT2D eigenvalue weighted by Crippen LogP contribution is 1.84. The molecule has 0 radical (unpaired) electrons. The maximum Gasteiger partial charge on any atom is 0.334 e. The van der Waals surface area contributed by atoms with Crippen LogP contribution in [-0.4, -0.2) is 61.8 Å². The van der Waals surface area contributed by atoms with Crippen molar-refractivity contribution in [2.75, 3.05) is 27.4 Å². The van der Waals surface area contributed by atoms with Gasteiger partial charge in [-0.15, -0.1) is 0 Å². The summed E-state index contributed by atoms with van der Waals surface area (Å²) in [5.74, 6) is -0.918. The largest absolute Gasteiger partial charge is 0.464 e. The summed E-state index contributed by atoms with van der Waals surface area (Å²) < 4.78 is 13.1. The number of rotatable bonds is 4. The van der Waals surface area contributed by atoms with Gasteiger partial charge in [0.2, 0.25) is 0 Å². The van der Waals surface area contributed by atoms with Gasteiger partial charge in [-0.25, -0.2) is 4.79 Å². The van der Waals surface area contributed by atoms with Gasteiger partial charge in [0.05, 0.1) is 12.7 Å². The van der Waals surface area contributed by atoms with Crippen molar-refractivity contribution in [3.05, 3.63) is 0 Å². The molecule has 2 atom stereocenters. The Labute approximate surface area is 114 Å². The van der Waals surface area contributed by atoms with Crippen LogP contribution in [0.15, 0.2) is 0 Å². The molecule has 0 aromatic heterocycles. The number of hydrogen-bond donors (Lipinski definition) is 2. The molecule has 0 aliphatic rings. The molecule has 0 saturated heterocycles. The zero-order valence-corrected chi connectivity index (χ0v) is 12.5. The fraction of sp³-hybridized carbons (Fsp3) is 0.833. The average molecular weight is 282 g/mol. The molecule has 0 saturated carbocycles. The van der Waals surface area contributed by atoms with Gasteiger partial charge in [0, 0.05) is 21.1 Å². The van der Waals surface area contributed by atoms with E-state index in [1.807, 2.05) is 0 Å². The molecule has 0 aromatic rings. The van der Waals surface area contributed by atoms with Crippen molar-refractivity contribution in [3.63, 3.8) is 0 Å². The van der Waals surface area contributed by atoms with Crippen molar-refractivity contribution in [2.45, 2.75) is 39.9 Å². The van der Waals surface area contributed by atoms with Gasteiger partial charge in [0.1, 0.15) is 12.7 Å². The molecule has 116 valence electrons. The maximum absolute atomic E-state index is 10.3. The maximum atomic E-state index is 10.3. The molecule has 2 N–H and O–H groups in total. The van der Waals surface area contributed by atoms with E-state index in [1.54, 1.807) is 28.1 Å². The Kier molecular flexibility index (Phi) is 20.3. The molecule has 2 unspecified atom stereocenters. The third kappa shape index (κ3) is 31.6. The molecule has 19 heavy (non-hydrogen) atoms. The van der Waals surface area contributed by atoms with Crippen LogP contribution in [0.25, 0.3) is 0 Å². The summed E-state index contributed by atoms with van der Waals surface area (Å²) in [6, 6.07) is 0. The fourth-order valence-corrected chi connectivity index (χ4v) is 0.501. The van der Waals surface area contributed by atoms with Crippen molar-refractivity contribution < 1.29 is 34.0 Å². The van der Waals surface area contributed by atoms with Crippen LogP contribution in [0, 0.1) is 0 Å². The SMILES string of the molecule is CC(=O)OCC(C)O.CCOC(=O)C(C)O.COC. The first-order chi connectivity index (χ1) is 8.72. The lowest BCUT2D eigenvalue weighted by Gasteiger charge is -2.01. The van der Waals surface area contributed by atoms with E-state index < -0.39 is 18.2 Å². The molecule has 7 nitrogen and oxygen atoms in total. The van der Waals surface area contributed by atoms with E-state index in [4.69, 9.17) is 10.2 Å². The summed E-state index contributed by atoms with van der Waals surface area (Å²) in [4.78, 5) is 20.3. The number of hydrogen-bond acceptors (Lipinski definition) is 7. The summed E-state index contributed by atoms with van der Waals surface area (Å²) >= 11 is 0. The van der Waals surface area contributed by atoms with Crippen molar-refractivity contribution in [1.29, 1.82) is 0 Å². The lowest BCUT2D eigenvalue weighted by molar-refractivity contribution is -0.151. The first-order valence-electron chi connectivity index (χ1n) is 5.79. The molecular weight excluding hydrogens is 256 g/mol. The van der Waals surface area contributed by atoms with Crippen LogP contribution in [0.3, 0.4) is 0 Å². The summed E-state index contributed by atoms with van der Waals surface area (Å²) in [6.45, 7) is 6.35. The summed E-state index contributed by atoms with van der Waals surface area (Å²) in [5.41, 5.74) is 0. The molecule has 0 aliphatic heterocycles. The summed E-state index contributed by atoms with van der Waals surface area (Å²) in [5, 5.41) is 17.0. The predicted octanol–water partition coefficient (Wildman–Crippen LogP) is 0.123. The quantitative estimate of drug-likeness (QED) is 0.706. The lowest BCUT2D eigenvalue weighted by Crippen LogP contribution is -2.18. The normalized spacial score (nSPS) is 11.8. The van der Waals surface area contributed by atoms with Gasteiger partial charge in [0.15, 0.2) is 0 Å². The molecule has 0 bridgehead atoms. The zero-order chi connectivity index (χ0) is 15.8. The van der Waals surface area contributed by atoms with E-state index in [-0.39, 0.29) is 12.6 Å². The smallest absolute Gasteiger partial charge is 0.334 e. The molecule has 0 amide bonds. The lowest BCUT2D eigenvalue weighted by atomic mass is 10.4. The van der Waals surface area contributed by atoms with E-state index in [0.717, 1.165) is 0 Å². The van der Waals surface area contributed by atoms with Crippen LogP contribution < -0.4 is 0 Å². The Hall–Kier alpha value is -1.18. The Morgan fingerprint density at radius 1 is 1.11 bits per heavy atom. The second kappa shape index (κ2) is 16.8. The standard InChI is InChI=1S/2C5H10O3.C2H6O/c1-4(6)3-8-5(2)7;1-3-8-5(7)4(2)6;1-3-2/h2*4,6H,3H2,1-2H3;1-2H3. The Balaban J connectivity index is -0.000000224. The van der Waals surface area contributed by atoms with E-state index in [9.17, 15) is 9.59 Å². The van der Waals surface area contributed by atoms with E-state index in [0.29, 0.717) is 6.61 Å². The van der Waals surface area contributed by atoms with Crippen molar-refractivity contribution in [1.82, 2.24) is 0 Å². The highest BCUT2D eigenvalue weighted by atomic mass is 16.5. The van der Waals surface area contributed by atoms with Gasteiger partial charge < -0.3 is 24.4 Å². The van der Waals surface area contributed by atoms with E-state index in [1.165, 1.54) is 13.8 Å². The monoisotopic (exact) mass is 282 g/mol. The van der Waals surface area contributed by atoms with Gasteiger partial charge in [-0.2, -0.15) is 0 Å². The number of carbonyl (C=O) groups is 2. The second-order valence-corrected chi connectivity index (χ2v) is 3.49. The first-order valence-corrected chi connectivity index (χ1v) is 5.79. The highest BCUT2D eigenvalue weighted by molar-refractivity contribution is 5.73. The number of esters is 2. The number of aliphatic hydroxyl groups is 2. The molecule has 0 heterocycles. The third-order valence-electron chi connectivity index (χ3n) is 1.16. The van der Waals surface area contributed by atoms with Gasteiger partial charge in [-0.3, -0.25) is 4.79 Å². The van der Waals surface area contributed by atoms with Crippen molar-refractivity contribution in [2.24, 2.45) is 0 Å². The van der Waals surface area contributed by atoms with Gasteiger partial charge >= 0.3 is 11.9 Å². The van der Waals surface area contributed by atoms with E-state index >= 15 is 0 Å². The van der Waals surface area contributed by atoms with Crippen LogP contribution in [0.2, 0.25) is 0 Å². The van der Waals surface area contributed by atoms with Crippen LogP contribution in [-0.2, 0) is 23.8 Å². The number of ether oxygens (including phenoxy) is 3. The molecular formula is C12H26O7. The van der Waals surface area contributed by atoms with Gasteiger partial charge in [-0.1, -0.05) is 0 Å². The van der Waals surface area contributed by atoms with Gasteiger partial charge in [0.25, 0.3) is 0 Å². The Morgan fingerprint density at radius 2 is 1.53 bits per heavy atom. The topological polar surface area (TPSA) is 102 Å². The minimum Gasteiger partial charge on any atom is -0.464 e. The van der Waals surface area contributed by atoms with Crippen LogP contribution >= 0.6 is 0 Å². The zero-order valence-electron chi connectivity index (χ0n) is 12.5. The Bertz CT molecular complexity index is 214. The molecule has 0 fully saturated rings. The van der Waals surface area contributed by atoms with Crippen LogP contribution in [0.4, 0.5) is 0 Å². The fourth-order valence-electron chi connectivity index (χ4n) is 0.501. The number of aliphatic hydroxyl groups excluding tert-OH is 2. The first kappa shape index (κ1) is 23.0. The summed E-state index contributed by atoms with van der Waals surface area (Å²) in [6.07, 6.45) is -1.55.